The Bertz CT molecular complexity index is 7180. The molecule has 10 amide bonds. The molecule has 41 heteroatoms. The van der Waals surface area contributed by atoms with Crippen molar-refractivity contribution in [3.8, 4) is 56.3 Å². The molecule has 1 saturated carbocycles. The van der Waals surface area contributed by atoms with Crippen molar-refractivity contribution in [3.63, 3.8) is 0 Å². The van der Waals surface area contributed by atoms with Crippen molar-refractivity contribution in [2.75, 3.05) is 0 Å². The summed E-state index contributed by atoms with van der Waals surface area (Å²) in [6.07, 6.45) is 1.48. The van der Waals surface area contributed by atoms with Gasteiger partial charge in [-0.1, -0.05) is 270 Å². The molecule has 0 radical (unpaired) electrons. The van der Waals surface area contributed by atoms with Gasteiger partial charge in [0.25, 0.3) is 64.8 Å². The standard InChI is InChI=1S/C24H24N4O3.C21H16F3N3O4.2C20H16FN3O4.C20H19N5O3/c25-23(30)22(29)20(13-16-7-3-1-4-8-16)26-24(31)19-15-28(14-17-11-12-17)27-21(19)18-9-5-2-6-10-18;22-21(23,24)18-15(16(27-31-18)13-9-5-2-6-10-13)20(30)26-14(17(28)19(25)29)11-12-7-3-1-4-8-12;21-15-9-5-4-8-13(15)17-14(11-28-24-17)20(27)23-16(18(25)19(22)26)10-12-6-2-1-3-7-12;21-14-8-6-13(7-9-14)17-15(11-28-24-17)20(27)23-16(18(25)19(22)26)10-12-4-2-1-3-5-12;1-25-23-16(14-10-6-3-7-11-14)17(24-25)20(28)22-15(18(26)19(21)27)12-13-8-4-2-5-9-13/h1-10,15,17,20H,11-14H2,(H2,25,30)(H,26,31);1-10,14H,11H2,(H2,25,29)(H,26,30);2*1-9,11,16H,10H2,(H2,22,26)(H,23,27);2-11,15H,12H2,1H3,(H2,21,27)(H,22,28). The predicted octanol–water partition coefficient (Wildman–Crippen LogP) is 9.74. The monoisotopic (exact) mass is 1990 g/mol. The number of rotatable bonds is 37. The highest BCUT2D eigenvalue weighted by Gasteiger charge is 2.44. The molecule has 1 aliphatic carbocycles. The number of nitrogens with zero attached hydrogens (tertiary/aromatic N) is 8. The summed E-state index contributed by atoms with van der Waals surface area (Å²) in [6.45, 7) is 0.751. The normalized spacial score (nSPS) is 12.3. The first kappa shape index (κ1) is 106. The summed E-state index contributed by atoms with van der Waals surface area (Å²) in [4.78, 5) is 184. The third kappa shape index (κ3) is 29.3. The second-order valence-electron chi connectivity index (χ2n) is 32.6. The summed E-state index contributed by atoms with van der Waals surface area (Å²) in [7, 11) is 1.60. The number of ketones is 5. The molecule has 36 nitrogen and oxygen atoms in total. The number of primary amides is 5. The fraction of sp³-hybridized carbons (Fsp3) is 0.152. The van der Waals surface area contributed by atoms with E-state index in [4.69, 9.17) is 37.7 Å². The lowest BCUT2D eigenvalue weighted by atomic mass is 10.00. The summed E-state index contributed by atoms with van der Waals surface area (Å²) in [5, 5.41) is 36.3. The van der Waals surface area contributed by atoms with Crippen LogP contribution in [-0.2, 0) is 99.8 Å². The van der Waals surface area contributed by atoms with Crippen LogP contribution in [-0.4, -0.2) is 158 Å². The molecule has 1 aliphatic rings. The minimum absolute atomic E-state index is 0.0133. The van der Waals surface area contributed by atoms with Crippen molar-refractivity contribution in [2.45, 2.75) is 87.9 Å². The van der Waals surface area contributed by atoms with Crippen LogP contribution >= 0.6 is 0 Å². The third-order valence-electron chi connectivity index (χ3n) is 22.0. The molecule has 16 rings (SSSR count). The van der Waals surface area contributed by atoms with Crippen LogP contribution < -0.4 is 55.3 Å². The maximum atomic E-state index is 14.1. The maximum absolute atomic E-state index is 14.1. The van der Waals surface area contributed by atoms with E-state index in [1.807, 2.05) is 84.9 Å². The van der Waals surface area contributed by atoms with Gasteiger partial charge in [0.05, 0.1) is 5.56 Å². The first-order valence-electron chi connectivity index (χ1n) is 44.6. The molecule has 5 aromatic heterocycles. The van der Waals surface area contributed by atoms with E-state index in [1.54, 1.807) is 170 Å². The SMILES string of the molecule is Cn1nc(C(=O)NC(Cc2ccccc2)C(=O)C(N)=O)c(-c2ccccc2)n1.NC(=O)C(=O)C(Cc1ccccc1)NC(=O)c1c(-c2ccccc2)noc1C(F)(F)F.NC(=O)C(=O)C(Cc1ccccc1)NC(=O)c1cn(CC2CC2)nc1-c1ccccc1.NC(=O)C(=O)C(Cc1ccccc1)NC(=O)c1conc1-c1ccc(F)cc1.NC(=O)C(=O)C(Cc1ccccc1)NC(=O)c1conc1-c1ccccc1F. The van der Waals surface area contributed by atoms with Gasteiger partial charge in [0, 0.05) is 79.7 Å². The Morgan fingerprint density at radius 1 is 0.349 bits per heavy atom. The lowest BCUT2D eigenvalue weighted by Gasteiger charge is -2.17. The number of hydrogen-bond donors (Lipinski definition) is 10. The summed E-state index contributed by atoms with van der Waals surface area (Å²) in [5.74, 6) is -16.3. The minimum atomic E-state index is -5.02. The molecule has 5 atom stereocenters. The molecule has 15 N–H and O–H groups in total. The summed E-state index contributed by atoms with van der Waals surface area (Å²) in [5.41, 5.74) is 31.8. The molecule has 5 heterocycles. The molecule has 146 heavy (non-hydrogen) atoms. The number of carbonyl (C=O) groups is 15. The lowest BCUT2D eigenvalue weighted by molar-refractivity contribution is -0.156. The second-order valence-corrected chi connectivity index (χ2v) is 32.6. The van der Waals surface area contributed by atoms with Gasteiger partial charge in [0.2, 0.25) is 28.9 Å². The number of alkyl halides is 3. The zero-order chi connectivity index (χ0) is 105. The maximum Gasteiger partial charge on any atom is 0.453 e. The molecule has 0 bridgehead atoms. The van der Waals surface area contributed by atoms with E-state index in [0.29, 0.717) is 39.6 Å². The second kappa shape index (κ2) is 50.1. The molecule has 1 fully saturated rings. The Balaban J connectivity index is 0.000000162. The van der Waals surface area contributed by atoms with Gasteiger partial charge in [-0.25, -0.2) is 8.78 Å². The van der Waals surface area contributed by atoms with E-state index in [-0.39, 0.29) is 77.1 Å². The number of halogens is 5. The number of Topliss-reactive ketones (excluding diaryl/α,β-unsaturated/α-hetero) is 5. The van der Waals surface area contributed by atoms with Crippen LogP contribution in [0, 0.1) is 17.6 Å². The van der Waals surface area contributed by atoms with E-state index in [9.17, 15) is 93.9 Å². The quantitative estimate of drug-likeness (QED) is 0.0128. The largest absolute Gasteiger partial charge is 0.453 e. The average molecular weight is 1990 g/mol. The molecule has 15 aromatic rings. The molecular weight excluding hydrogens is 1900 g/mol. The Kier molecular flexibility index (Phi) is 36.3. The van der Waals surface area contributed by atoms with Crippen molar-refractivity contribution >= 4 is 88.0 Å². The average Bonchev–Trinajstić information content (AvgIpc) is 1.67. The van der Waals surface area contributed by atoms with Crippen LogP contribution in [0.2, 0.25) is 0 Å². The molecule has 744 valence electrons. The van der Waals surface area contributed by atoms with Crippen LogP contribution in [0.25, 0.3) is 56.3 Å². The smallest absolute Gasteiger partial charge is 0.363 e. The third-order valence-corrected chi connectivity index (χ3v) is 22.0. The van der Waals surface area contributed by atoms with Crippen LogP contribution in [0.3, 0.4) is 0 Å². The highest BCUT2D eigenvalue weighted by atomic mass is 19.4. The number of aromatic nitrogens is 8. The van der Waals surface area contributed by atoms with E-state index in [0.717, 1.165) is 59.7 Å². The Morgan fingerprint density at radius 2 is 0.664 bits per heavy atom. The van der Waals surface area contributed by atoms with Crippen LogP contribution in [0.5, 0.6) is 0 Å². The Labute approximate surface area is 827 Å². The number of amides is 10. The molecule has 5 unspecified atom stereocenters. The van der Waals surface area contributed by atoms with Crippen molar-refractivity contribution < 1.29 is 107 Å². The molecule has 0 saturated heterocycles. The lowest BCUT2D eigenvalue weighted by Crippen LogP contribution is -2.47. The van der Waals surface area contributed by atoms with Crippen LogP contribution in [0.4, 0.5) is 22.0 Å². The van der Waals surface area contributed by atoms with Gasteiger partial charge in [-0.05, 0) is 83.0 Å². The summed E-state index contributed by atoms with van der Waals surface area (Å²) in [6, 6.07) is 75.5. The number of carbonyl (C=O) groups excluding carboxylic acids is 15. The predicted molar refractivity (Wildman–Crippen MR) is 516 cm³/mol. The first-order valence-corrected chi connectivity index (χ1v) is 44.6. The molecule has 0 spiro atoms. The molecular formula is C105H91F5N18O18. The van der Waals surface area contributed by atoms with Gasteiger partial charge in [-0.15, -0.1) is 5.10 Å². The van der Waals surface area contributed by atoms with Gasteiger partial charge in [-0.2, -0.15) is 28.2 Å². The van der Waals surface area contributed by atoms with E-state index >= 15 is 0 Å². The van der Waals surface area contributed by atoms with Crippen molar-refractivity contribution in [1.82, 2.24) is 66.8 Å². The number of nitrogens with one attached hydrogen (secondary N) is 5. The molecule has 0 aliphatic heterocycles. The summed E-state index contributed by atoms with van der Waals surface area (Å²) < 4.78 is 83.5. The zero-order valence-electron chi connectivity index (χ0n) is 77.3. The fourth-order valence-electron chi connectivity index (χ4n) is 14.7. The van der Waals surface area contributed by atoms with Crippen molar-refractivity contribution in [3.05, 3.63) is 383 Å². The highest BCUT2D eigenvalue weighted by molar-refractivity contribution is 6.40. The van der Waals surface area contributed by atoms with Crippen molar-refractivity contribution in [1.29, 1.82) is 0 Å². The van der Waals surface area contributed by atoms with E-state index in [2.05, 4.69) is 61.9 Å². The zero-order valence-corrected chi connectivity index (χ0v) is 77.3. The summed E-state index contributed by atoms with van der Waals surface area (Å²) >= 11 is 0. The van der Waals surface area contributed by atoms with Gasteiger partial charge >= 0.3 is 6.18 Å². The number of hydrogen-bond acceptors (Lipinski definition) is 24. The van der Waals surface area contributed by atoms with Crippen molar-refractivity contribution in [2.24, 2.45) is 41.6 Å². The number of nitrogens with two attached hydrogens (primary N) is 5. The topological polar surface area (TPSA) is 573 Å². The van der Waals surface area contributed by atoms with E-state index < -0.39 is 147 Å². The number of benzene rings is 10. The Hall–Kier alpha value is -19.1. The van der Waals surface area contributed by atoms with Gasteiger partial charge in [0.1, 0.15) is 99.5 Å². The Morgan fingerprint density at radius 3 is 1.03 bits per heavy atom. The van der Waals surface area contributed by atoms with Crippen LogP contribution in [0.1, 0.15) is 98.3 Å². The van der Waals surface area contributed by atoms with E-state index in [1.165, 1.54) is 59.4 Å². The van der Waals surface area contributed by atoms with Crippen LogP contribution in [0.15, 0.2) is 323 Å². The van der Waals surface area contributed by atoms with Gasteiger partial charge in [0.15, 0.2) is 5.69 Å². The minimum Gasteiger partial charge on any atom is -0.363 e. The first-order chi connectivity index (χ1) is 70.1. The number of aryl methyl sites for hydroxylation is 1. The molecule has 10 aromatic carbocycles. The fourth-order valence-corrected chi connectivity index (χ4v) is 14.7. The van der Waals surface area contributed by atoms with Gasteiger partial charge in [-0.3, -0.25) is 76.6 Å². The van der Waals surface area contributed by atoms with Gasteiger partial charge < -0.3 is 68.8 Å². The highest BCUT2D eigenvalue weighted by Crippen LogP contribution is 2.38.